The number of hydrogen-bond acceptors (Lipinski definition) is 7. The van der Waals surface area contributed by atoms with Gasteiger partial charge in [-0.3, -0.25) is 14.8 Å². The number of thioether (sulfide) groups is 1. The molecule has 128 valence electrons. The molecule has 0 saturated carbocycles. The van der Waals surface area contributed by atoms with Crippen molar-refractivity contribution in [2.24, 2.45) is 0 Å². The van der Waals surface area contributed by atoms with E-state index in [0.717, 1.165) is 5.69 Å². The SMILES string of the molecule is O=C(CSc1nnc2ccc(-c3ccccn3)nn12)Nc1cccnc1. The zero-order valence-electron chi connectivity index (χ0n) is 13.5. The van der Waals surface area contributed by atoms with E-state index >= 15 is 0 Å². The molecule has 4 rings (SSSR count). The zero-order valence-corrected chi connectivity index (χ0v) is 14.3. The van der Waals surface area contributed by atoms with Crippen LogP contribution in [0.1, 0.15) is 0 Å². The highest BCUT2D eigenvalue weighted by Crippen LogP contribution is 2.19. The minimum Gasteiger partial charge on any atom is -0.324 e. The van der Waals surface area contributed by atoms with Gasteiger partial charge in [-0.15, -0.1) is 10.2 Å². The predicted molar refractivity (Wildman–Crippen MR) is 97.6 cm³/mol. The Morgan fingerprint density at radius 1 is 1.04 bits per heavy atom. The number of nitrogens with one attached hydrogen (secondary N) is 1. The van der Waals surface area contributed by atoms with Crippen molar-refractivity contribution in [3.63, 3.8) is 0 Å². The van der Waals surface area contributed by atoms with Gasteiger partial charge in [0.1, 0.15) is 5.69 Å². The lowest BCUT2D eigenvalue weighted by molar-refractivity contribution is -0.113. The van der Waals surface area contributed by atoms with E-state index in [1.54, 1.807) is 35.2 Å². The number of hydrogen-bond donors (Lipinski definition) is 1. The van der Waals surface area contributed by atoms with Crippen molar-refractivity contribution in [2.75, 3.05) is 11.1 Å². The summed E-state index contributed by atoms with van der Waals surface area (Å²) in [5, 5.41) is 16.0. The average Bonchev–Trinajstić information content (AvgIpc) is 3.10. The first kappa shape index (κ1) is 16.2. The lowest BCUT2D eigenvalue weighted by atomic mass is 10.2. The third kappa shape index (κ3) is 3.52. The fourth-order valence-electron chi connectivity index (χ4n) is 2.27. The van der Waals surface area contributed by atoms with E-state index in [0.29, 0.717) is 22.2 Å². The summed E-state index contributed by atoms with van der Waals surface area (Å²) in [7, 11) is 0. The van der Waals surface area contributed by atoms with Crippen LogP contribution < -0.4 is 5.32 Å². The van der Waals surface area contributed by atoms with Gasteiger partial charge in [0.25, 0.3) is 0 Å². The lowest BCUT2D eigenvalue weighted by Crippen LogP contribution is -2.14. The van der Waals surface area contributed by atoms with Crippen LogP contribution >= 0.6 is 11.8 Å². The number of pyridine rings is 2. The van der Waals surface area contributed by atoms with Crippen molar-refractivity contribution >= 4 is 29.0 Å². The first-order valence-electron chi connectivity index (χ1n) is 7.76. The summed E-state index contributed by atoms with van der Waals surface area (Å²) in [6, 6.07) is 12.8. The number of carbonyl (C=O) groups is 1. The van der Waals surface area contributed by atoms with Gasteiger partial charge >= 0.3 is 0 Å². The largest absolute Gasteiger partial charge is 0.324 e. The number of nitrogens with zero attached hydrogens (tertiary/aromatic N) is 6. The van der Waals surface area contributed by atoms with Crippen molar-refractivity contribution in [1.82, 2.24) is 29.8 Å². The summed E-state index contributed by atoms with van der Waals surface area (Å²) in [6.07, 6.45) is 4.96. The van der Waals surface area contributed by atoms with Crippen molar-refractivity contribution in [3.8, 4) is 11.4 Å². The van der Waals surface area contributed by atoms with Crippen LogP contribution in [0.25, 0.3) is 17.0 Å². The predicted octanol–water partition coefficient (Wildman–Crippen LogP) is 2.31. The summed E-state index contributed by atoms with van der Waals surface area (Å²) < 4.78 is 1.62. The summed E-state index contributed by atoms with van der Waals surface area (Å²) in [5.41, 5.74) is 2.73. The van der Waals surface area contributed by atoms with Gasteiger partial charge in [-0.1, -0.05) is 17.8 Å². The molecule has 0 radical (unpaired) electrons. The number of fused-ring (bicyclic) bond motifs is 1. The topological polar surface area (TPSA) is 98.0 Å². The van der Waals surface area contributed by atoms with E-state index in [2.05, 4.69) is 30.6 Å². The van der Waals surface area contributed by atoms with Gasteiger partial charge in [-0.05, 0) is 36.4 Å². The highest BCUT2D eigenvalue weighted by atomic mass is 32.2. The Bertz CT molecular complexity index is 1040. The Hall–Kier alpha value is -3.33. The van der Waals surface area contributed by atoms with Crippen LogP contribution in [0.3, 0.4) is 0 Å². The molecule has 4 heterocycles. The summed E-state index contributed by atoms with van der Waals surface area (Å²) in [5.74, 6) is 0.0335. The fraction of sp³-hybridized carbons (Fsp3) is 0.0588. The van der Waals surface area contributed by atoms with Crippen LogP contribution in [0, 0.1) is 0 Å². The number of rotatable bonds is 5. The molecule has 0 unspecified atom stereocenters. The van der Waals surface area contributed by atoms with E-state index in [9.17, 15) is 4.79 Å². The molecule has 0 bridgehead atoms. The van der Waals surface area contributed by atoms with E-state index < -0.39 is 0 Å². The molecule has 8 nitrogen and oxygen atoms in total. The third-order valence-electron chi connectivity index (χ3n) is 3.44. The second-order valence-corrected chi connectivity index (χ2v) is 6.21. The quantitative estimate of drug-likeness (QED) is 0.543. The summed E-state index contributed by atoms with van der Waals surface area (Å²) in [4.78, 5) is 20.3. The molecule has 0 atom stereocenters. The molecule has 0 fully saturated rings. The summed E-state index contributed by atoms with van der Waals surface area (Å²) >= 11 is 1.26. The molecule has 0 saturated heterocycles. The molecule has 0 aliphatic heterocycles. The maximum absolute atomic E-state index is 12.1. The molecular formula is C17H13N7OS. The molecule has 0 spiro atoms. The number of carbonyl (C=O) groups excluding carboxylic acids is 1. The van der Waals surface area contributed by atoms with Crippen LogP contribution in [0.15, 0.2) is 66.2 Å². The Morgan fingerprint density at radius 2 is 2.00 bits per heavy atom. The van der Waals surface area contributed by atoms with E-state index in [4.69, 9.17) is 0 Å². The van der Waals surface area contributed by atoms with E-state index in [1.165, 1.54) is 11.8 Å². The zero-order chi connectivity index (χ0) is 17.8. The molecule has 0 aliphatic rings. The minimum absolute atomic E-state index is 0.152. The van der Waals surface area contributed by atoms with E-state index in [1.807, 2.05) is 30.3 Å². The molecule has 4 aromatic heterocycles. The van der Waals surface area contributed by atoms with Gasteiger partial charge in [-0.25, -0.2) is 0 Å². The number of anilines is 1. The first-order valence-corrected chi connectivity index (χ1v) is 8.75. The molecule has 0 aromatic carbocycles. The molecule has 1 N–H and O–H groups in total. The van der Waals surface area contributed by atoms with Crippen LogP contribution in [-0.2, 0) is 4.79 Å². The highest BCUT2D eigenvalue weighted by molar-refractivity contribution is 7.99. The van der Waals surface area contributed by atoms with Crippen LogP contribution in [0.4, 0.5) is 5.69 Å². The Kier molecular flexibility index (Phi) is 4.52. The molecule has 4 aromatic rings. The Morgan fingerprint density at radius 3 is 2.81 bits per heavy atom. The molecular weight excluding hydrogens is 350 g/mol. The first-order chi connectivity index (χ1) is 12.8. The van der Waals surface area contributed by atoms with Gasteiger partial charge in [0.15, 0.2) is 5.65 Å². The molecule has 0 aliphatic carbocycles. The van der Waals surface area contributed by atoms with E-state index in [-0.39, 0.29) is 11.7 Å². The van der Waals surface area contributed by atoms with Crippen molar-refractivity contribution < 1.29 is 4.79 Å². The van der Waals surface area contributed by atoms with Gasteiger partial charge in [0, 0.05) is 12.4 Å². The second kappa shape index (κ2) is 7.28. The Balaban J connectivity index is 1.50. The molecule has 26 heavy (non-hydrogen) atoms. The van der Waals surface area contributed by atoms with Crippen LogP contribution in [0.5, 0.6) is 0 Å². The lowest BCUT2D eigenvalue weighted by Gasteiger charge is -2.04. The van der Waals surface area contributed by atoms with Crippen LogP contribution in [0.2, 0.25) is 0 Å². The van der Waals surface area contributed by atoms with Gasteiger partial charge in [0.05, 0.1) is 23.3 Å². The van der Waals surface area contributed by atoms with Crippen LogP contribution in [-0.4, -0.2) is 41.4 Å². The number of amides is 1. The van der Waals surface area contributed by atoms with Gasteiger partial charge in [-0.2, -0.15) is 9.61 Å². The Labute approximate surface area is 152 Å². The smallest absolute Gasteiger partial charge is 0.234 e. The fourth-order valence-corrected chi connectivity index (χ4v) is 2.96. The van der Waals surface area contributed by atoms with Gasteiger partial charge < -0.3 is 5.32 Å². The highest BCUT2D eigenvalue weighted by Gasteiger charge is 2.12. The standard InChI is InChI=1S/C17H13N7OS/c25-16(20-12-4-3-8-18-10-12)11-26-17-22-21-15-7-6-14(23-24(15)17)13-5-1-2-9-19-13/h1-10H,11H2,(H,20,25). The van der Waals surface area contributed by atoms with Crippen molar-refractivity contribution in [3.05, 3.63) is 61.1 Å². The average molecular weight is 363 g/mol. The maximum atomic E-state index is 12.1. The maximum Gasteiger partial charge on any atom is 0.234 e. The molecule has 9 heteroatoms. The summed E-state index contributed by atoms with van der Waals surface area (Å²) in [6.45, 7) is 0. The second-order valence-electron chi connectivity index (χ2n) is 5.26. The van der Waals surface area contributed by atoms with Crippen molar-refractivity contribution in [1.29, 1.82) is 0 Å². The van der Waals surface area contributed by atoms with Gasteiger partial charge in [0.2, 0.25) is 11.1 Å². The monoisotopic (exact) mass is 363 g/mol. The molecule has 1 amide bonds. The number of aromatic nitrogens is 6. The normalized spacial score (nSPS) is 10.8. The minimum atomic E-state index is -0.152. The van der Waals surface area contributed by atoms with Crippen molar-refractivity contribution in [2.45, 2.75) is 5.16 Å². The third-order valence-corrected chi connectivity index (χ3v) is 4.36.